The van der Waals surface area contributed by atoms with Crippen LogP contribution in [-0.4, -0.2) is 35.0 Å². The van der Waals surface area contributed by atoms with Gasteiger partial charge in [0.05, 0.1) is 5.56 Å². The Labute approximate surface area is 139 Å². The fourth-order valence-corrected chi connectivity index (χ4v) is 2.19. The number of carbonyl (C=O) groups excluding carboxylic acids is 2. The van der Waals surface area contributed by atoms with E-state index in [1.807, 2.05) is 6.92 Å². The number of hydrogen-bond donors (Lipinski definition) is 1. The average molecular weight is 333 g/mol. The molecular weight excluding hydrogens is 313 g/mol. The van der Waals surface area contributed by atoms with Crippen LogP contribution in [0.2, 0.25) is 0 Å². The minimum Gasteiger partial charge on any atom is -0.360 e. The topological polar surface area (TPSA) is 75.4 Å². The van der Waals surface area contributed by atoms with E-state index in [0.717, 1.165) is 12.8 Å². The van der Waals surface area contributed by atoms with Gasteiger partial charge in [0.1, 0.15) is 18.1 Å². The number of hydrogen-bond acceptors (Lipinski definition) is 4. The maximum Gasteiger partial charge on any atom is 0.257 e. The summed E-state index contributed by atoms with van der Waals surface area (Å²) in [6.07, 6.45) is 1.57. The molecule has 2 amide bonds. The van der Waals surface area contributed by atoms with Crippen molar-refractivity contribution >= 4 is 17.6 Å². The summed E-state index contributed by atoms with van der Waals surface area (Å²) in [6, 6.07) is 7.32. The molecule has 7 heteroatoms. The minimum absolute atomic E-state index is 0.0429. The van der Waals surface area contributed by atoms with E-state index in [1.165, 1.54) is 23.1 Å². The largest absolute Gasteiger partial charge is 0.360 e. The molecule has 6 nitrogen and oxygen atoms in total. The Morgan fingerprint density at radius 3 is 2.71 bits per heavy atom. The Bertz CT molecular complexity index is 715. The standard InChI is InChI=1S/C17H20FN3O3/c1-3-4-9-21(17(23)13-7-5-6-8-14(13)18)11-16(22)19-15-10-12(2)24-20-15/h5-8,10H,3-4,9,11H2,1-2H3,(H,19,20,22). The Balaban J connectivity index is 2.08. The van der Waals surface area contributed by atoms with Gasteiger partial charge in [0.15, 0.2) is 5.82 Å². The first-order chi connectivity index (χ1) is 11.5. The zero-order valence-corrected chi connectivity index (χ0v) is 13.7. The fourth-order valence-electron chi connectivity index (χ4n) is 2.19. The first-order valence-electron chi connectivity index (χ1n) is 7.78. The lowest BCUT2D eigenvalue weighted by molar-refractivity contribution is -0.117. The van der Waals surface area contributed by atoms with Gasteiger partial charge in [0.25, 0.3) is 5.91 Å². The number of unbranched alkanes of at least 4 members (excludes halogenated alkanes) is 1. The third-order valence-electron chi connectivity index (χ3n) is 3.40. The summed E-state index contributed by atoms with van der Waals surface area (Å²) in [7, 11) is 0. The van der Waals surface area contributed by atoms with Crippen molar-refractivity contribution in [3.05, 3.63) is 47.5 Å². The summed E-state index contributed by atoms with van der Waals surface area (Å²) in [6.45, 7) is 3.87. The number of rotatable bonds is 7. The summed E-state index contributed by atoms with van der Waals surface area (Å²) >= 11 is 0. The molecule has 1 aromatic carbocycles. The van der Waals surface area contributed by atoms with Crippen molar-refractivity contribution in [3.8, 4) is 0 Å². The van der Waals surface area contributed by atoms with Crippen molar-refractivity contribution < 1.29 is 18.5 Å². The van der Waals surface area contributed by atoms with Gasteiger partial charge < -0.3 is 14.7 Å². The monoisotopic (exact) mass is 333 g/mol. The Hall–Kier alpha value is -2.70. The van der Waals surface area contributed by atoms with Gasteiger partial charge in [-0.15, -0.1) is 0 Å². The highest BCUT2D eigenvalue weighted by atomic mass is 19.1. The Morgan fingerprint density at radius 2 is 2.08 bits per heavy atom. The van der Waals surface area contributed by atoms with Crippen LogP contribution in [0.15, 0.2) is 34.9 Å². The van der Waals surface area contributed by atoms with Gasteiger partial charge >= 0.3 is 0 Å². The second-order valence-electron chi connectivity index (χ2n) is 5.43. The molecule has 1 heterocycles. The van der Waals surface area contributed by atoms with Gasteiger partial charge in [-0.1, -0.05) is 30.6 Å². The lowest BCUT2D eigenvalue weighted by atomic mass is 10.1. The SMILES string of the molecule is CCCCN(CC(=O)Nc1cc(C)on1)C(=O)c1ccccc1F. The van der Waals surface area contributed by atoms with Crippen LogP contribution in [0.1, 0.15) is 35.9 Å². The van der Waals surface area contributed by atoms with Gasteiger partial charge in [0, 0.05) is 12.6 Å². The smallest absolute Gasteiger partial charge is 0.257 e. The molecular formula is C17H20FN3O3. The predicted molar refractivity (Wildman–Crippen MR) is 87.1 cm³/mol. The zero-order valence-electron chi connectivity index (χ0n) is 13.7. The van der Waals surface area contributed by atoms with Gasteiger partial charge in [-0.2, -0.15) is 0 Å². The zero-order chi connectivity index (χ0) is 17.5. The average Bonchev–Trinajstić information content (AvgIpc) is 2.96. The number of aryl methyl sites for hydroxylation is 1. The highest BCUT2D eigenvalue weighted by molar-refractivity contribution is 5.99. The summed E-state index contributed by atoms with van der Waals surface area (Å²) in [5.41, 5.74) is -0.0429. The van der Waals surface area contributed by atoms with Crippen LogP contribution >= 0.6 is 0 Å². The molecule has 0 saturated heterocycles. The van der Waals surface area contributed by atoms with Crippen LogP contribution in [-0.2, 0) is 4.79 Å². The first kappa shape index (κ1) is 17.7. The number of carbonyl (C=O) groups is 2. The number of nitrogens with one attached hydrogen (secondary N) is 1. The molecule has 1 aromatic heterocycles. The molecule has 2 aromatic rings. The molecule has 0 aliphatic rings. The van der Waals surface area contributed by atoms with Gasteiger partial charge in [-0.25, -0.2) is 4.39 Å². The second kappa shape index (κ2) is 8.24. The molecule has 24 heavy (non-hydrogen) atoms. The van der Waals surface area contributed by atoms with Crippen molar-refractivity contribution in [2.24, 2.45) is 0 Å². The molecule has 0 aliphatic carbocycles. The number of nitrogens with zero attached hydrogens (tertiary/aromatic N) is 2. The van der Waals surface area contributed by atoms with Crippen LogP contribution in [0.4, 0.5) is 10.2 Å². The lowest BCUT2D eigenvalue weighted by Gasteiger charge is -2.22. The molecule has 0 fully saturated rings. The van der Waals surface area contributed by atoms with Crippen LogP contribution < -0.4 is 5.32 Å². The lowest BCUT2D eigenvalue weighted by Crippen LogP contribution is -2.39. The third kappa shape index (κ3) is 4.65. The molecule has 0 radical (unpaired) electrons. The van der Waals surface area contributed by atoms with E-state index in [0.29, 0.717) is 12.3 Å². The van der Waals surface area contributed by atoms with Crippen molar-refractivity contribution in [1.29, 1.82) is 0 Å². The summed E-state index contributed by atoms with van der Waals surface area (Å²) in [5.74, 6) is -0.671. The highest BCUT2D eigenvalue weighted by Gasteiger charge is 2.21. The maximum absolute atomic E-state index is 13.8. The third-order valence-corrected chi connectivity index (χ3v) is 3.40. The van der Waals surface area contributed by atoms with Crippen molar-refractivity contribution in [2.45, 2.75) is 26.7 Å². The first-order valence-corrected chi connectivity index (χ1v) is 7.78. The van der Waals surface area contributed by atoms with Crippen LogP contribution in [0.25, 0.3) is 0 Å². The molecule has 0 spiro atoms. The minimum atomic E-state index is -0.600. The molecule has 0 saturated carbocycles. The van der Waals surface area contributed by atoms with Gasteiger partial charge in [-0.05, 0) is 25.5 Å². The van der Waals surface area contributed by atoms with E-state index in [9.17, 15) is 14.0 Å². The molecule has 0 unspecified atom stereocenters. The van der Waals surface area contributed by atoms with Crippen LogP contribution in [0.5, 0.6) is 0 Å². The molecule has 0 bridgehead atoms. The van der Waals surface area contributed by atoms with Crippen LogP contribution in [0, 0.1) is 12.7 Å². The number of halogens is 1. The fraction of sp³-hybridized carbons (Fsp3) is 0.353. The molecule has 2 rings (SSSR count). The van der Waals surface area contributed by atoms with E-state index >= 15 is 0 Å². The summed E-state index contributed by atoms with van der Waals surface area (Å²) < 4.78 is 18.7. The normalized spacial score (nSPS) is 10.5. The van der Waals surface area contributed by atoms with Crippen molar-refractivity contribution in [1.82, 2.24) is 10.1 Å². The molecule has 0 aliphatic heterocycles. The highest BCUT2D eigenvalue weighted by Crippen LogP contribution is 2.12. The molecule has 1 N–H and O–H groups in total. The Morgan fingerprint density at radius 1 is 1.33 bits per heavy atom. The predicted octanol–water partition coefficient (Wildman–Crippen LogP) is 3.00. The number of benzene rings is 1. The van der Waals surface area contributed by atoms with E-state index < -0.39 is 17.6 Å². The van der Waals surface area contributed by atoms with Gasteiger partial charge in [-0.3, -0.25) is 9.59 Å². The van der Waals surface area contributed by atoms with E-state index in [1.54, 1.807) is 19.1 Å². The number of amides is 2. The number of aromatic nitrogens is 1. The van der Waals surface area contributed by atoms with E-state index in [4.69, 9.17) is 4.52 Å². The van der Waals surface area contributed by atoms with Crippen molar-refractivity contribution in [2.75, 3.05) is 18.4 Å². The molecule has 0 atom stereocenters. The summed E-state index contributed by atoms with van der Waals surface area (Å²) in [5, 5.41) is 6.23. The van der Waals surface area contributed by atoms with Crippen molar-refractivity contribution in [3.63, 3.8) is 0 Å². The van der Waals surface area contributed by atoms with E-state index in [2.05, 4.69) is 10.5 Å². The second-order valence-corrected chi connectivity index (χ2v) is 5.43. The Kier molecular flexibility index (Phi) is 6.06. The quantitative estimate of drug-likeness (QED) is 0.845. The summed E-state index contributed by atoms with van der Waals surface area (Å²) in [4.78, 5) is 26.0. The number of anilines is 1. The van der Waals surface area contributed by atoms with Gasteiger partial charge in [0.2, 0.25) is 5.91 Å². The van der Waals surface area contributed by atoms with Crippen LogP contribution in [0.3, 0.4) is 0 Å². The molecule has 128 valence electrons. The van der Waals surface area contributed by atoms with E-state index in [-0.39, 0.29) is 17.9 Å². The maximum atomic E-state index is 13.8.